The first-order chi connectivity index (χ1) is 10.6. The van der Waals surface area contributed by atoms with E-state index < -0.39 is 0 Å². The van der Waals surface area contributed by atoms with Gasteiger partial charge in [0.05, 0.1) is 7.11 Å². The molecule has 22 heavy (non-hydrogen) atoms. The molecule has 0 saturated carbocycles. The van der Waals surface area contributed by atoms with Gasteiger partial charge in [-0.05, 0) is 38.2 Å². The summed E-state index contributed by atoms with van der Waals surface area (Å²) in [5.74, 6) is 0.165. The van der Waals surface area contributed by atoms with E-state index in [0.29, 0.717) is 17.9 Å². The predicted octanol–water partition coefficient (Wildman–Crippen LogP) is 1.06. The molecule has 124 valence electrons. The second-order valence-electron chi connectivity index (χ2n) is 5.09. The minimum absolute atomic E-state index is 0.0280. The number of aromatic hydroxyl groups is 1. The molecule has 0 fully saturated rings. The fraction of sp³-hybridized carbons (Fsp3) is 0.562. The molecule has 0 bridgehead atoms. The Morgan fingerprint density at radius 3 is 2.64 bits per heavy atom. The Bertz CT molecular complexity index is 466. The van der Waals surface area contributed by atoms with E-state index in [9.17, 15) is 9.90 Å². The van der Waals surface area contributed by atoms with Crippen LogP contribution in [-0.4, -0.2) is 62.8 Å². The van der Waals surface area contributed by atoms with Gasteiger partial charge in [-0.15, -0.1) is 0 Å². The van der Waals surface area contributed by atoms with Gasteiger partial charge in [-0.3, -0.25) is 4.79 Å². The molecule has 0 saturated heterocycles. The van der Waals surface area contributed by atoms with E-state index >= 15 is 0 Å². The van der Waals surface area contributed by atoms with E-state index in [0.717, 1.165) is 32.6 Å². The smallest absolute Gasteiger partial charge is 0.251 e. The number of phenolic OH excluding ortho intramolecular Hbond substituents is 1. The first kappa shape index (κ1) is 18.3. The molecule has 1 amide bonds. The van der Waals surface area contributed by atoms with Crippen LogP contribution in [-0.2, 0) is 0 Å². The standard InChI is InChI=1S/C16H27N3O3/c1-4-9-19(10-7-17-2)11-8-18-16(21)13-5-6-14(20)15(12-13)22-3/h5-6,12,17,20H,4,7-11H2,1-3H3,(H,18,21). The lowest BCUT2D eigenvalue weighted by molar-refractivity contribution is 0.0948. The first-order valence-electron chi connectivity index (χ1n) is 7.64. The third-order valence-electron chi connectivity index (χ3n) is 3.37. The number of carbonyl (C=O) groups excluding carboxylic acids is 1. The van der Waals surface area contributed by atoms with Gasteiger partial charge in [-0.1, -0.05) is 6.92 Å². The van der Waals surface area contributed by atoms with Gasteiger partial charge in [-0.2, -0.15) is 0 Å². The minimum Gasteiger partial charge on any atom is -0.504 e. The van der Waals surface area contributed by atoms with Crippen LogP contribution in [0.25, 0.3) is 0 Å². The van der Waals surface area contributed by atoms with Gasteiger partial charge in [0.25, 0.3) is 5.91 Å². The number of methoxy groups -OCH3 is 1. The lowest BCUT2D eigenvalue weighted by Crippen LogP contribution is -2.38. The van der Waals surface area contributed by atoms with Crippen molar-refractivity contribution in [3.63, 3.8) is 0 Å². The van der Waals surface area contributed by atoms with Crippen molar-refractivity contribution in [2.45, 2.75) is 13.3 Å². The number of benzene rings is 1. The molecular formula is C16H27N3O3. The molecule has 3 N–H and O–H groups in total. The second-order valence-corrected chi connectivity index (χ2v) is 5.09. The molecule has 0 atom stereocenters. The summed E-state index contributed by atoms with van der Waals surface area (Å²) in [6.07, 6.45) is 1.09. The van der Waals surface area contributed by atoms with Gasteiger partial charge in [0, 0.05) is 31.7 Å². The van der Waals surface area contributed by atoms with E-state index in [2.05, 4.69) is 22.5 Å². The fourth-order valence-corrected chi connectivity index (χ4v) is 2.17. The number of hydrogen-bond donors (Lipinski definition) is 3. The molecule has 0 spiro atoms. The molecular weight excluding hydrogens is 282 g/mol. The average molecular weight is 309 g/mol. The Hall–Kier alpha value is -1.79. The zero-order valence-electron chi connectivity index (χ0n) is 13.7. The number of carbonyl (C=O) groups is 1. The summed E-state index contributed by atoms with van der Waals surface area (Å²) in [6.45, 7) is 6.47. The number of phenols is 1. The maximum absolute atomic E-state index is 12.1. The highest BCUT2D eigenvalue weighted by Crippen LogP contribution is 2.26. The third-order valence-corrected chi connectivity index (χ3v) is 3.37. The molecule has 0 aliphatic rings. The summed E-state index contributed by atoms with van der Waals surface area (Å²) in [6, 6.07) is 4.58. The van der Waals surface area contributed by atoms with Gasteiger partial charge in [0.15, 0.2) is 11.5 Å². The van der Waals surface area contributed by atoms with Crippen LogP contribution >= 0.6 is 0 Å². The van der Waals surface area contributed by atoms with Crippen molar-refractivity contribution < 1.29 is 14.6 Å². The van der Waals surface area contributed by atoms with Crippen LogP contribution in [0.2, 0.25) is 0 Å². The molecule has 0 radical (unpaired) electrons. The lowest BCUT2D eigenvalue weighted by atomic mass is 10.2. The van der Waals surface area contributed by atoms with Crippen LogP contribution in [0.5, 0.6) is 11.5 Å². The van der Waals surface area contributed by atoms with Crippen LogP contribution < -0.4 is 15.4 Å². The van der Waals surface area contributed by atoms with Gasteiger partial charge in [0.2, 0.25) is 0 Å². The molecule has 0 aromatic heterocycles. The normalized spacial score (nSPS) is 10.7. The van der Waals surface area contributed by atoms with E-state index in [4.69, 9.17) is 4.74 Å². The summed E-state index contributed by atoms with van der Waals surface area (Å²) in [7, 11) is 3.39. The van der Waals surface area contributed by atoms with Gasteiger partial charge < -0.3 is 25.4 Å². The summed E-state index contributed by atoms with van der Waals surface area (Å²) in [4.78, 5) is 14.4. The molecule has 1 aromatic carbocycles. The number of nitrogens with zero attached hydrogens (tertiary/aromatic N) is 1. The van der Waals surface area contributed by atoms with E-state index in [-0.39, 0.29) is 11.7 Å². The Balaban J connectivity index is 2.47. The molecule has 0 unspecified atom stereocenters. The number of ether oxygens (including phenoxy) is 1. The molecule has 0 aliphatic heterocycles. The van der Waals surface area contributed by atoms with Gasteiger partial charge in [0.1, 0.15) is 0 Å². The van der Waals surface area contributed by atoms with Crippen LogP contribution in [0, 0.1) is 0 Å². The summed E-state index contributed by atoms with van der Waals surface area (Å²) in [5.41, 5.74) is 0.479. The highest BCUT2D eigenvalue weighted by Gasteiger charge is 2.10. The van der Waals surface area contributed by atoms with Crippen molar-refractivity contribution in [3.8, 4) is 11.5 Å². The quantitative estimate of drug-likeness (QED) is 0.603. The molecule has 1 aromatic rings. The Morgan fingerprint density at radius 1 is 1.27 bits per heavy atom. The van der Waals surface area contributed by atoms with Gasteiger partial charge >= 0.3 is 0 Å². The van der Waals surface area contributed by atoms with E-state index in [1.165, 1.54) is 19.2 Å². The maximum Gasteiger partial charge on any atom is 0.251 e. The van der Waals surface area contributed by atoms with Crippen molar-refractivity contribution in [1.82, 2.24) is 15.5 Å². The third kappa shape index (κ3) is 5.91. The maximum atomic E-state index is 12.1. The molecule has 6 nitrogen and oxygen atoms in total. The largest absolute Gasteiger partial charge is 0.504 e. The molecule has 0 aliphatic carbocycles. The van der Waals surface area contributed by atoms with Crippen molar-refractivity contribution in [3.05, 3.63) is 23.8 Å². The number of nitrogens with one attached hydrogen (secondary N) is 2. The highest BCUT2D eigenvalue weighted by molar-refractivity contribution is 5.94. The zero-order valence-corrected chi connectivity index (χ0v) is 13.7. The van der Waals surface area contributed by atoms with Crippen molar-refractivity contribution >= 4 is 5.91 Å². The molecule has 0 heterocycles. The second kappa shape index (κ2) is 10.0. The minimum atomic E-state index is -0.164. The average Bonchev–Trinajstić information content (AvgIpc) is 2.52. The van der Waals surface area contributed by atoms with Crippen LogP contribution in [0.4, 0.5) is 0 Å². The number of rotatable bonds is 10. The monoisotopic (exact) mass is 309 g/mol. The van der Waals surface area contributed by atoms with Gasteiger partial charge in [-0.25, -0.2) is 0 Å². The van der Waals surface area contributed by atoms with Crippen molar-refractivity contribution in [2.75, 3.05) is 46.9 Å². The molecule has 1 rings (SSSR count). The Morgan fingerprint density at radius 2 is 2.00 bits per heavy atom. The van der Waals surface area contributed by atoms with Crippen LogP contribution in [0.3, 0.4) is 0 Å². The SMILES string of the molecule is CCCN(CCNC)CCNC(=O)c1ccc(O)c(OC)c1. The topological polar surface area (TPSA) is 73.8 Å². The number of likely N-dealkylation sites (N-methyl/N-ethyl adjacent to an activating group) is 1. The van der Waals surface area contributed by atoms with E-state index in [1.807, 2.05) is 7.05 Å². The lowest BCUT2D eigenvalue weighted by Gasteiger charge is -2.21. The summed E-state index contributed by atoms with van der Waals surface area (Å²) in [5, 5.41) is 15.6. The highest BCUT2D eigenvalue weighted by atomic mass is 16.5. The number of amides is 1. The first-order valence-corrected chi connectivity index (χ1v) is 7.64. The van der Waals surface area contributed by atoms with Crippen molar-refractivity contribution in [1.29, 1.82) is 0 Å². The Labute approximate surface area is 132 Å². The van der Waals surface area contributed by atoms with Crippen LogP contribution in [0.1, 0.15) is 23.7 Å². The summed E-state index contributed by atoms with van der Waals surface area (Å²) < 4.78 is 5.01. The Kier molecular flexibility index (Phi) is 8.32. The van der Waals surface area contributed by atoms with Crippen molar-refractivity contribution in [2.24, 2.45) is 0 Å². The predicted molar refractivity (Wildman–Crippen MR) is 87.6 cm³/mol. The fourth-order valence-electron chi connectivity index (χ4n) is 2.17. The molecule has 6 heteroatoms. The number of hydrogen-bond acceptors (Lipinski definition) is 5. The summed E-state index contributed by atoms with van der Waals surface area (Å²) >= 11 is 0. The zero-order chi connectivity index (χ0) is 16.4. The van der Waals surface area contributed by atoms with Crippen LogP contribution in [0.15, 0.2) is 18.2 Å². The van der Waals surface area contributed by atoms with E-state index in [1.54, 1.807) is 6.07 Å².